The Hall–Kier alpha value is -2.41. The van der Waals surface area contributed by atoms with E-state index in [1.807, 2.05) is 26.0 Å². The number of nitro benzene ring substituents is 1. The first-order valence-electron chi connectivity index (χ1n) is 6.29. The van der Waals surface area contributed by atoms with Crippen LogP contribution >= 0.6 is 11.3 Å². The number of hydrogen-bond donors (Lipinski definition) is 2. The highest BCUT2D eigenvalue weighted by atomic mass is 32.1. The monoisotopic (exact) mass is 305 g/mol. The molecule has 1 amide bonds. The van der Waals surface area contributed by atoms with E-state index in [4.69, 9.17) is 5.73 Å². The molecule has 0 bridgehead atoms. The molecular formula is C14H15N3O3S. The number of benzene rings is 1. The van der Waals surface area contributed by atoms with E-state index < -0.39 is 10.8 Å². The number of amides is 1. The van der Waals surface area contributed by atoms with Gasteiger partial charge in [-0.15, -0.1) is 11.3 Å². The van der Waals surface area contributed by atoms with Gasteiger partial charge in [0.25, 0.3) is 5.69 Å². The average molecular weight is 305 g/mol. The van der Waals surface area contributed by atoms with Crippen molar-refractivity contribution in [2.24, 2.45) is 5.73 Å². The Morgan fingerprint density at radius 2 is 2.10 bits per heavy atom. The number of carbonyl (C=O) groups is 1. The molecule has 0 fully saturated rings. The third-order valence-electron chi connectivity index (χ3n) is 3.04. The van der Waals surface area contributed by atoms with Gasteiger partial charge in [0.15, 0.2) is 0 Å². The summed E-state index contributed by atoms with van der Waals surface area (Å²) in [5, 5.41) is 14.2. The molecule has 1 aromatic heterocycles. The van der Waals surface area contributed by atoms with E-state index in [9.17, 15) is 14.9 Å². The summed E-state index contributed by atoms with van der Waals surface area (Å²) in [6, 6.07) is 8.10. The number of rotatable bonds is 5. The maximum absolute atomic E-state index is 11.1. The molecule has 110 valence electrons. The topological polar surface area (TPSA) is 98.3 Å². The van der Waals surface area contributed by atoms with Gasteiger partial charge < -0.3 is 11.1 Å². The minimum atomic E-state index is -0.688. The predicted octanol–water partition coefficient (Wildman–Crippen LogP) is 3.24. The van der Waals surface area contributed by atoms with Crippen LogP contribution in [0.15, 0.2) is 30.3 Å². The number of anilines is 1. The minimum absolute atomic E-state index is 0.0678. The van der Waals surface area contributed by atoms with E-state index in [1.54, 1.807) is 11.3 Å². The van der Waals surface area contributed by atoms with E-state index in [1.165, 1.54) is 23.1 Å². The van der Waals surface area contributed by atoms with Gasteiger partial charge in [-0.1, -0.05) is 0 Å². The van der Waals surface area contributed by atoms with Crippen molar-refractivity contribution in [2.75, 3.05) is 5.32 Å². The molecule has 1 aromatic carbocycles. The van der Waals surface area contributed by atoms with Crippen LogP contribution in [0, 0.1) is 17.0 Å². The van der Waals surface area contributed by atoms with Gasteiger partial charge in [-0.2, -0.15) is 0 Å². The molecule has 2 aromatic rings. The molecule has 0 spiro atoms. The van der Waals surface area contributed by atoms with Gasteiger partial charge in [0.2, 0.25) is 5.91 Å². The van der Waals surface area contributed by atoms with Crippen LogP contribution in [-0.2, 0) is 0 Å². The summed E-state index contributed by atoms with van der Waals surface area (Å²) in [5.74, 6) is -0.688. The number of nitrogens with two attached hydrogens (primary N) is 1. The minimum Gasteiger partial charge on any atom is -0.372 e. The second-order valence-electron chi connectivity index (χ2n) is 4.67. The van der Waals surface area contributed by atoms with Gasteiger partial charge in [-0.25, -0.2) is 0 Å². The van der Waals surface area contributed by atoms with Gasteiger partial charge in [-0.05, 0) is 38.1 Å². The van der Waals surface area contributed by atoms with E-state index in [0.717, 1.165) is 4.88 Å². The molecular weight excluding hydrogens is 290 g/mol. The molecule has 0 aliphatic heterocycles. The van der Waals surface area contributed by atoms with Crippen LogP contribution < -0.4 is 11.1 Å². The zero-order chi connectivity index (χ0) is 15.6. The third kappa shape index (κ3) is 3.38. The molecule has 0 aliphatic carbocycles. The number of aryl methyl sites for hydroxylation is 1. The zero-order valence-electron chi connectivity index (χ0n) is 11.6. The van der Waals surface area contributed by atoms with Crippen molar-refractivity contribution >= 4 is 28.6 Å². The lowest BCUT2D eigenvalue weighted by Gasteiger charge is -2.14. The fourth-order valence-electron chi connectivity index (χ4n) is 1.95. The SMILES string of the molecule is Cc1ccc(C(C)Nc2ccc(C(N)=O)cc2[N+](=O)[O-])s1. The van der Waals surface area contributed by atoms with Gasteiger partial charge in [-0.3, -0.25) is 14.9 Å². The average Bonchev–Trinajstić information content (AvgIpc) is 2.85. The van der Waals surface area contributed by atoms with Gasteiger partial charge in [0, 0.05) is 21.4 Å². The van der Waals surface area contributed by atoms with E-state index in [2.05, 4.69) is 5.32 Å². The molecule has 3 N–H and O–H groups in total. The Balaban J connectivity index is 2.31. The number of carbonyl (C=O) groups excluding carboxylic acids is 1. The Morgan fingerprint density at radius 3 is 2.62 bits per heavy atom. The van der Waals surface area contributed by atoms with Crippen LogP contribution in [0.5, 0.6) is 0 Å². The van der Waals surface area contributed by atoms with Crippen molar-refractivity contribution in [3.8, 4) is 0 Å². The Bertz CT molecular complexity index is 697. The first kappa shape index (κ1) is 15.0. The standard InChI is InChI=1S/C14H15N3O3S/c1-8-3-6-13(21-8)9(2)16-11-5-4-10(14(15)18)7-12(11)17(19)20/h3-7,9,16H,1-2H3,(H2,15,18). The second kappa shape index (κ2) is 5.92. The molecule has 1 atom stereocenters. The van der Waals surface area contributed by atoms with E-state index >= 15 is 0 Å². The summed E-state index contributed by atoms with van der Waals surface area (Å²) in [5.41, 5.74) is 5.47. The summed E-state index contributed by atoms with van der Waals surface area (Å²) in [6.07, 6.45) is 0. The number of nitrogens with one attached hydrogen (secondary N) is 1. The Labute approximate surface area is 125 Å². The molecule has 7 heteroatoms. The zero-order valence-corrected chi connectivity index (χ0v) is 12.4. The number of thiophene rings is 1. The summed E-state index contributed by atoms with van der Waals surface area (Å²) < 4.78 is 0. The van der Waals surface area contributed by atoms with Gasteiger partial charge >= 0.3 is 0 Å². The molecule has 1 unspecified atom stereocenters. The van der Waals surface area contributed by atoms with Crippen molar-refractivity contribution in [1.29, 1.82) is 0 Å². The van der Waals surface area contributed by atoms with E-state index in [-0.39, 0.29) is 17.3 Å². The first-order chi connectivity index (χ1) is 9.88. The lowest BCUT2D eigenvalue weighted by Crippen LogP contribution is -2.12. The molecule has 2 rings (SSSR count). The largest absolute Gasteiger partial charge is 0.372 e. The van der Waals surface area contributed by atoms with Crippen LogP contribution in [0.1, 0.15) is 33.1 Å². The highest BCUT2D eigenvalue weighted by Crippen LogP contribution is 2.31. The maximum atomic E-state index is 11.1. The van der Waals surface area contributed by atoms with Crippen LogP contribution in [-0.4, -0.2) is 10.8 Å². The highest BCUT2D eigenvalue weighted by molar-refractivity contribution is 7.12. The predicted molar refractivity (Wildman–Crippen MR) is 82.7 cm³/mol. The van der Waals surface area contributed by atoms with Crippen LogP contribution in [0.25, 0.3) is 0 Å². The lowest BCUT2D eigenvalue weighted by molar-refractivity contribution is -0.384. The fourth-order valence-corrected chi connectivity index (χ4v) is 2.83. The van der Waals surface area contributed by atoms with Gasteiger partial charge in [0.05, 0.1) is 11.0 Å². The number of nitro groups is 1. The fraction of sp³-hybridized carbons (Fsp3) is 0.214. The summed E-state index contributed by atoms with van der Waals surface area (Å²) in [4.78, 5) is 24.0. The van der Waals surface area contributed by atoms with Gasteiger partial charge in [0.1, 0.15) is 5.69 Å². The quantitative estimate of drug-likeness (QED) is 0.654. The van der Waals surface area contributed by atoms with Crippen molar-refractivity contribution in [3.63, 3.8) is 0 Å². The number of primary amides is 1. The summed E-state index contributed by atoms with van der Waals surface area (Å²) in [7, 11) is 0. The Morgan fingerprint density at radius 1 is 1.38 bits per heavy atom. The van der Waals surface area contributed by atoms with Crippen LogP contribution in [0.4, 0.5) is 11.4 Å². The Kier molecular flexibility index (Phi) is 4.23. The molecule has 0 radical (unpaired) electrons. The molecule has 1 heterocycles. The van der Waals surface area contributed by atoms with Crippen molar-refractivity contribution in [3.05, 3.63) is 55.8 Å². The third-order valence-corrected chi connectivity index (χ3v) is 4.22. The maximum Gasteiger partial charge on any atom is 0.293 e. The number of nitrogens with zero attached hydrogens (tertiary/aromatic N) is 1. The smallest absolute Gasteiger partial charge is 0.293 e. The first-order valence-corrected chi connectivity index (χ1v) is 7.11. The molecule has 6 nitrogen and oxygen atoms in total. The van der Waals surface area contributed by atoms with Crippen molar-refractivity contribution in [1.82, 2.24) is 0 Å². The lowest BCUT2D eigenvalue weighted by atomic mass is 10.1. The normalized spacial score (nSPS) is 11.9. The molecule has 0 saturated carbocycles. The van der Waals surface area contributed by atoms with Crippen LogP contribution in [0.2, 0.25) is 0 Å². The van der Waals surface area contributed by atoms with Crippen molar-refractivity contribution < 1.29 is 9.72 Å². The summed E-state index contributed by atoms with van der Waals surface area (Å²) in [6.45, 7) is 3.93. The summed E-state index contributed by atoms with van der Waals surface area (Å²) >= 11 is 1.63. The molecule has 0 aliphatic rings. The number of hydrogen-bond acceptors (Lipinski definition) is 5. The highest BCUT2D eigenvalue weighted by Gasteiger charge is 2.18. The molecule has 21 heavy (non-hydrogen) atoms. The van der Waals surface area contributed by atoms with E-state index in [0.29, 0.717) is 5.69 Å². The molecule has 0 saturated heterocycles. The van der Waals surface area contributed by atoms with Crippen molar-refractivity contribution in [2.45, 2.75) is 19.9 Å². The van der Waals surface area contributed by atoms with Crippen LogP contribution in [0.3, 0.4) is 0 Å². The second-order valence-corrected chi connectivity index (χ2v) is 5.99.